The second-order valence-corrected chi connectivity index (χ2v) is 4.91. The van der Waals surface area contributed by atoms with Crippen molar-refractivity contribution < 1.29 is 18.3 Å². The summed E-state index contributed by atoms with van der Waals surface area (Å²) in [5.74, 6) is 0. The summed E-state index contributed by atoms with van der Waals surface area (Å²) >= 11 is 0. The van der Waals surface area contributed by atoms with E-state index in [0.29, 0.717) is 11.1 Å². The van der Waals surface area contributed by atoms with E-state index >= 15 is 0 Å². The molecule has 1 aliphatic heterocycles. The summed E-state index contributed by atoms with van der Waals surface area (Å²) in [6, 6.07) is 13.1. The van der Waals surface area contributed by atoms with Crippen LogP contribution >= 0.6 is 0 Å². The van der Waals surface area contributed by atoms with Crippen LogP contribution in [0.2, 0.25) is 0 Å². The maximum atomic E-state index is 12.7. The first-order valence-corrected chi connectivity index (χ1v) is 6.14. The molecule has 1 atom stereocenters. The second-order valence-electron chi connectivity index (χ2n) is 4.91. The molecule has 1 unspecified atom stereocenters. The average Bonchev–Trinajstić information content (AvgIpc) is 2.82. The number of fused-ring (bicyclic) bond motifs is 1. The van der Waals surface area contributed by atoms with Crippen molar-refractivity contribution in [2.24, 2.45) is 0 Å². The number of halogens is 3. The highest BCUT2D eigenvalue weighted by atomic mass is 19.4. The average molecular weight is 279 g/mol. The summed E-state index contributed by atoms with van der Waals surface area (Å²) in [4.78, 5) is 0. The van der Waals surface area contributed by atoms with Gasteiger partial charge in [0.2, 0.25) is 5.72 Å². The maximum Gasteiger partial charge on any atom is 0.436 e. The Morgan fingerprint density at radius 3 is 2.40 bits per heavy atom. The molecule has 0 amide bonds. The van der Waals surface area contributed by atoms with Gasteiger partial charge in [0.25, 0.3) is 0 Å². The van der Waals surface area contributed by atoms with Crippen molar-refractivity contribution in [3.8, 4) is 0 Å². The third-order valence-electron chi connectivity index (χ3n) is 3.52. The molecule has 0 aromatic heterocycles. The summed E-state index contributed by atoms with van der Waals surface area (Å²) < 4.78 is 38.2. The number of benzene rings is 2. The van der Waals surface area contributed by atoms with E-state index in [-0.39, 0.29) is 0 Å². The lowest BCUT2D eigenvalue weighted by atomic mass is 9.97. The number of alkyl halides is 3. The van der Waals surface area contributed by atoms with Crippen molar-refractivity contribution in [2.45, 2.75) is 18.3 Å². The van der Waals surface area contributed by atoms with Gasteiger partial charge in [0, 0.05) is 12.6 Å². The number of hydrogen-bond donors (Lipinski definition) is 2. The van der Waals surface area contributed by atoms with Gasteiger partial charge in [-0.05, 0) is 28.0 Å². The minimum Gasteiger partial charge on any atom is -0.363 e. The first-order chi connectivity index (χ1) is 9.39. The SMILES string of the molecule is OC1(C(F)(F)F)CC(c2ccc3ccccc3c2)=CN1. The Morgan fingerprint density at radius 2 is 1.75 bits per heavy atom. The molecular formula is C15H12F3NO. The van der Waals surface area contributed by atoms with Crippen molar-refractivity contribution >= 4 is 16.3 Å². The maximum absolute atomic E-state index is 12.7. The monoisotopic (exact) mass is 279 g/mol. The van der Waals surface area contributed by atoms with Crippen LogP contribution in [0.5, 0.6) is 0 Å². The Kier molecular flexibility index (Phi) is 2.76. The van der Waals surface area contributed by atoms with E-state index in [9.17, 15) is 18.3 Å². The Labute approximate surface area is 113 Å². The zero-order valence-electron chi connectivity index (χ0n) is 10.4. The minimum absolute atomic E-state index is 0.440. The van der Waals surface area contributed by atoms with Crippen molar-refractivity contribution in [1.82, 2.24) is 5.32 Å². The highest BCUT2D eigenvalue weighted by Crippen LogP contribution is 2.39. The van der Waals surface area contributed by atoms with Crippen LogP contribution in [-0.4, -0.2) is 17.0 Å². The van der Waals surface area contributed by atoms with Gasteiger partial charge in [-0.2, -0.15) is 13.2 Å². The van der Waals surface area contributed by atoms with E-state index < -0.39 is 18.3 Å². The lowest BCUT2D eigenvalue weighted by Gasteiger charge is -2.26. The number of hydrogen-bond acceptors (Lipinski definition) is 2. The van der Waals surface area contributed by atoms with Crippen molar-refractivity contribution in [3.05, 3.63) is 54.2 Å². The normalized spacial score (nSPS) is 22.7. The predicted octanol–water partition coefficient (Wildman–Crippen LogP) is 3.42. The van der Waals surface area contributed by atoms with E-state index in [2.05, 4.69) is 0 Å². The standard InChI is InChI=1S/C15H12F3NO/c16-15(17,18)14(20)8-13(9-19-14)12-6-5-10-3-1-2-4-11(10)7-12/h1-7,9,19-20H,8H2. The molecule has 0 radical (unpaired) electrons. The van der Waals surface area contributed by atoms with Gasteiger partial charge >= 0.3 is 6.18 Å². The van der Waals surface area contributed by atoms with Crippen LogP contribution in [0.25, 0.3) is 16.3 Å². The third kappa shape index (κ3) is 2.04. The Balaban J connectivity index is 1.94. The highest BCUT2D eigenvalue weighted by molar-refractivity contribution is 5.86. The van der Waals surface area contributed by atoms with Gasteiger partial charge in [0.05, 0.1) is 0 Å². The number of rotatable bonds is 1. The molecular weight excluding hydrogens is 267 g/mol. The fraction of sp³-hybridized carbons (Fsp3) is 0.200. The Hall–Kier alpha value is -2.01. The molecule has 0 saturated carbocycles. The van der Waals surface area contributed by atoms with Gasteiger partial charge < -0.3 is 10.4 Å². The first kappa shape index (κ1) is 13.0. The van der Waals surface area contributed by atoms with Crippen molar-refractivity contribution in [1.29, 1.82) is 0 Å². The van der Waals surface area contributed by atoms with Crippen LogP contribution in [0.3, 0.4) is 0 Å². The molecule has 0 aliphatic carbocycles. The molecule has 2 aromatic rings. The number of aliphatic hydroxyl groups is 1. The van der Waals surface area contributed by atoms with E-state index in [1.54, 1.807) is 6.07 Å². The van der Waals surface area contributed by atoms with Crippen molar-refractivity contribution in [2.75, 3.05) is 0 Å². The van der Waals surface area contributed by atoms with Crippen LogP contribution in [-0.2, 0) is 0 Å². The summed E-state index contributed by atoms with van der Waals surface area (Å²) in [7, 11) is 0. The largest absolute Gasteiger partial charge is 0.436 e. The highest BCUT2D eigenvalue weighted by Gasteiger charge is 2.55. The molecule has 0 spiro atoms. The molecule has 2 nitrogen and oxygen atoms in total. The molecule has 2 aromatic carbocycles. The van der Waals surface area contributed by atoms with Crippen LogP contribution in [0.1, 0.15) is 12.0 Å². The van der Waals surface area contributed by atoms with Gasteiger partial charge in [-0.1, -0.05) is 36.4 Å². The first-order valence-electron chi connectivity index (χ1n) is 6.14. The van der Waals surface area contributed by atoms with Crippen LogP contribution in [0.4, 0.5) is 13.2 Å². The zero-order chi connectivity index (χ0) is 14.4. The summed E-state index contributed by atoms with van der Waals surface area (Å²) in [5.41, 5.74) is -1.75. The summed E-state index contributed by atoms with van der Waals surface area (Å²) in [6.07, 6.45) is -3.96. The lowest BCUT2D eigenvalue weighted by Crippen LogP contribution is -2.52. The Morgan fingerprint density at radius 1 is 1.05 bits per heavy atom. The second kappa shape index (κ2) is 4.24. The fourth-order valence-corrected chi connectivity index (χ4v) is 2.34. The van der Waals surface area contributed by atoms with Crippen LogP contribution < -0.4 is 5.32 Å². The molecule has 1 aliphatic rings. The van der Waals surface area contributed by atoms with Crippen LogP contribution in [0.15, 0.2) is 48.7 Å². The van der Waals surface area contributed by atoms with E-state index in [1.807, 2.05) is 41.7 Å². The molecule has 0 saturated heterocycles. The molecule has 2 N–H and O–H groups in total. The summed E-state index contributed by atoms with van der Waals surface area (Å²) in [6.45, 7) is 0. The van der Waals surface area contributed by atoms with Gasteiger partial charge in [0.1, 0.15) is 0 Å². The summed E-state index contributed by atoms with van der Waals surface area (Å²) in [5, 5.41) is 13.6. The quantitative estimate of drug-likeness (QED) is 0.838. The molecule has 20 heavy (non-hydrogen) atoms. The molecule has 5 heteroatoms. The zero-order valence-corrected chi connectivity index (χ0v) is 10.4. The lowest BCUT2D eigenvalue weighted by molar-refractivity contribution is -0.263. The topological polar surface area (TPSA) is 32.3 Å². The van der Waals surface area contributed by atoms with Gasteiger partial charge in [0.15, 0.2) is 0 Å². The number of nitrogens with one attached hydrogen (secondary N) is 1. The molecule has 0 fully saturated rings. The molecule has 3 rings (SSSR count). The van der Waals surface area contributed by atoms with Crippen LogP contribution in [0, 0.1) is 0 Å². The molecule has 0 bridgehead atoms. The minimum atomic E-state index is -4.71. The van der Waals surface area contributed by atoms with Gasteiger partial charge in [-0.25, -0.2) is 0 Å². The molecule has 1 heterocycles. The van der Waals surface area contributed by atoms with Gasteiger partial charge in [-0.3, -0.25) is 0 Å². The van der Waals surface area contributed by atoms with Gasteiger partial charge in [-0.15, -0.1) is 0 Å². The predicted molar refractivity (Wildman–Crippen MR) is 70.7 cm³/mol. The van der Waals surface area contributed by atoms with E-state index in [4.69, 9.17) is 0 Å². The Bertz CT molecular complexity index is 693. The van der Waals surface area contributed by atoms with E-state index in [0.717, 1.165) is 10.8 Å². The van der Waals surface area contributed by atoms with Crippen molar-refractivity contribution in [3.63, 3.8) is 0 Å². The third-order valence-corrected chi connectivity index (χ3v) is 3.52. The smallest absolute Gasteiger partial charge is 0.363 e. The molecule has 104 valence electrons. The fourth-order valence-electron chi connectivity index (χ4n) is 2.34. The van der Waals surface area contributed by atoms with E-state index in [1.165, 1.54) is 6.20 Å².